The third-order valence-electron chi connectivity index (χ3n) is 3.72. The lowest BCUT2D eigenvalue weighted by Crippen LogP contribution is -2.19. The summed E-state index contributed by atoms with van der Waals surface area (Å²) in [6.07, 6.45) is -4.25. The van der Waals surface area contributed by atoms with Crippen molar-refractivity contribution in [2.45, 2.75) is 62.9 Å². The van der Waals surface area contributed by atoms with Crippen LogP contribution in [-0.2, 0) is 10.8 Å². The maximum absolute atomic E-state index is 12.5. The van der Waals surface area contributed by atoms with Crippen molar-refractivity contribution in [3.63, 3.8) is 0 Å². The fourth-order valence-electron chi connectivity index (χ4n) is 2.55. The Hall–Kier alpha value is -1.28. The van der Waals surface area contributed by atoms with Gasteiger partial charge in [-0.1, -0.05) is 64.6 Å². The molecule has 0 aliphatic heterocycles. The Bertz CT molecular complexity index is 752. The molecule has 1 heterocycles. The van der Waals surface area contributed by atoms with Gasteiger partial charge in [-0.25, -0.2) is 0 Å². The number of hydrogen-bond acceptors (Lipinski definition) is 5. The lowest BCUT2D eigenvalue weighted by Gasteiger charge is -2.29. The Morgan fingerprint density at radius 2 is 1.46 bits per heavy atom. The van der Waals surface area contributed by atoms with Gasteiger partial charge in [0, 0.05) is 5.56 Å². The second kappa shape index (κ2) is 7.03. The van der Waals surface area contributed by atoms with Gasteiger partial charge in [0.15, 0.2) is 4.34 Å². The molecule has 3 nitrogen and oxygen atoms in total. The molecule has 0 radical (unpaired) electrons. The lowest BCUT2D eigenvalue weighted by molar-refractivity contribution is -0.105. The summed E-state index contributed by atoms with van der Waals surface area (Å²) in [4.78, 5) is 0. The number of aromatic hydroxyl groups is 1. The Balaban J connectivity index is 2.59. The van der Waals surface area contributed by atoms with Crippen molar-refractivity contribution in [1.82, 2.24) is 10.2 Å². The standard InChI is InChI=1S/C18H23F3N2OS2/c1-16(2,3)11-7-10(24)8-12(17(4,5)6)13(11)14-22-23-15(26-14)25-9-18(19,20)21/h7-8,24H,9H2,1-6H3. The number of aromatic nitrogens is 2. The quantitative estimate of drug-likeness (QED) is 0.622. The van der Waals surface area contributed by atoms with Crippen LogP contribution in [-0.4, -0.2) is 27.2 Å². The predicted octanol–water partition coefficient (Wildman–Crippen LogP) is 6.16. The molecular formula is C18H23F3N2OS2. The summed E-state index contributed by atoms with van der Waals surface area (Å²) >= 11 is 1.80. The number of alkyl halides is 3. The van der Waals surface area contributed by atoms with Crippen molar-refractivity contribution in [3.05, 3.63) is 23.3 Å². The van der Waals surface area contributed by atoms with E-state index in [4.69, 9.17) is 0 Å². The number of nitrogens with zero attached hydrogens (tertiary/aromatic N) is 2. The molecule has 2 aromatic rings. The van der Waals surface area contributed by atoms with E-state index in [-0.39, 0.29) is 20.9 Å². The third-order valence-corrected chi connectivity index (χ3v) is 5.86. The van der Waals surface area contributed by atoms with Gasteiger partial charge in [-0.2, -0.15) is 13.2 Å². The van der Waals surface area contributed by atoms with Crippen LogP contribution in [0.3, 0.4) is 0 Å². The Morgan fingerprint density at radius 1 is 0.962 bits per heavy atom. The molecule has 1 aromatic carbocycles. The van der Waals surface area contributed by atoms with Gasteiger partial charge in [-0.15, -0.1) is 10.2 Å². The highest BCUT2D eigenvalue weighted by molar-refractivity contribution is 8.01. The van der Waals surface area contributed by atoms with Crippen molar-refractivity contribution < 1.29 is 18.3 Å². The van der Waals surface area contributed by atoms with Crippen molar-refractivity contribution in [2.24, 2.45) is 0 Å². The summed E-state index contributed by atoms with van der Waals surface area (Å²) in [6.45, 7) is 12.2. The molecule has 0 aliphatic rings. The molecule has 0 saturated heterocycles. The van der Waals surface area contributed by atoms with Crippen LogP contribution in [0, 0.1) is 0 Å². The number of hydrogen-bond donors (Lipinski definition) is 1. The van der Waals surface area contributed by atoms with E-state index in [0.717, 1.165) is 28.0 Å². The second-order valence-electron chi connectivity index (χ2n) is 8.19. The maximum Gasteiger partial charge on any atom is 0.398 e. The highest BCUT2D eigenvalue weighted by atomic mass is 32.2. The SMILES string of the molecule is CC(C)(C)c1cc(O)cc(C(C)(C)C)c1-c1nnc(SCC(F)(F)F)s1. The summed E-state index contributed by atoms with van der Waals surface area (Å²) in [5, 5.41) is 18.9. The first-order valence-electron chi connectivity index (χ1n) is 8.10. The number of halogens is 3. The molecule has 0 spiro atoms. The molecule has 144 valence electrons. The Labute approximate surface area is 160 Å². The van der Waals surface area contributed by atoms with E-state index in [9.17, 15) is 18.3 Å². The van der Waals surface area contributed by atoms with Crippen molar-refractivity contribution in [1.29, 1.82) is 0 Å². The van der Waals surface area contributed by atoms with Crippen LogP contribution in [0.2, 0.25) is 0 Å². The topological polar surface area (TPSA) is 46.0 Å². The van der Waals surface area contributed by atoms with E-state index in [1.807, 2.05) is 41.5 Å². The Kier molecular flexibility index (Phi) is 5.69. The number of phenolic OH excluding ortho intramolecular Hbond substituents is 1. The average molecular weight is 405 g/mol. The number of thioether (sulfide) groups is 1. The van der Waals surface area contributed by atoms with E-state index >= 15 is 0 Å². The first kappa shape index (κ1) is 21.0. The maximum atomic E-state index is 12.5. The van der Waals surface area contributed by atoms with Gasteiger partial charge in [-0.05, 0) is 34.1 Å². The van der Waals surface area contributed by atoms with Crippen LogP contribution < -0.4 is 0 Å². The van der Waals surface area contributed by atoms with E-state index in [1.165, 1.54) is 0 Å². The van der Waals surface area contributed by atoms with E-state index in [1.54, 1.807) is 12.1 Å². The normalized spacial score (nSPS) is 13.3. The Morgan fingerprint density at radius 3 is 1.88 bits per heavy atom. The lowest BCUT2D eigenvalue weighted by atomic mass is 9.76. The molecule has 0 aliphatic carbocycles. The zero-order valence-corrected chi connectivity index (χ0v) is 17.3. The van der Waals surface area contributed by atoms with Crippen molar-refractivity contribution in [2.75, 3.05) is 5.75 Å². The van der Waals surface area contributed by atoms with Crippen LogP contribution in [0.25, 0.3) is 10.6 Å². The molecule has 2 rings (SSSR count). The highest BCUT2D eigenvalue weighted by Gasteiger charge is 2.31. The van der Waals surface area contributed by atoms with Crippen LogP contribution in [0.15, 0.2) is 16.5 Å². The van der Waals surface area contributed by atoms with E-state index < -0.39 is 11.9 Å². The molecule has 0 unspecified atom stereocenters. The van der Waals surface area contributed by atoms with Gasteiger partial charge in [0.2, 0.25) is 0 Å². The zero-order chi connectivity index (χ0) is 19.9. The summed E-state index contributed by atoms with van der Waals surface area (Å²) < 4.78 is 37.7. The molecular weight excluding hydrogens is 381 g/mol. The summed E-state index contributed by atoms with van der Waals surface area (Å²) in [6, 6.07) is 3.41. The fourth-order valence-corrected chi connectivity index (χ4v) is 4.24. The first-order chi connectivity index (χ1) is 11.7. The van der Waals surface area contributed by atoms with Crippen LogP contribution >= 0.6 is 23.1 Å². The molecule has 8 heteroatoms. The van der Waals surface area contributed by atoms with Gasteiger partial charge in [0.1, 0.15) is 10.8 Å². The minimum atomic E-state index is -4.25. The van der Waals surface area contributed by atoms with Gasteiger partial charge >= 0.3 is 6.18 Å². The summed E-state index contributed by atoms with van der Waals surface area (Å²) in [5.74, 6) is -0.824. The minimum absolute atomic E-state index is 0.166. The third kappa shape index (κ3) is 5.13. The zero-order valence-electron chi connectivity index (χ0n) is 15.7. The first-order valence-corrected chi connectivity index (χ1v) is 9.90. The molecule has 26 heavy (non-hydrogen) atoms. The van der Waals surface area contributed by atoms with Crippen molar-refractivity contribution >= 4 is 23.1 Å². The van der Waals surface area contributed by atoms with Gasteiger partial charge in [0.25, 0.3) is 0 Å². The van der Waals surface area contributed by atoms with Crippen LogP contribution in [0.4, 0.5) is 13.2 Å². The van der Waals surface area contributed by atoms with Gasteiger partial charge < -0.3 is 5.11 Å². The molecule has 1 aromatic heterocycles. The van der Waals surface area contributed by atoms with Gasteiger partial charge in [-0.3, -0.25) is 0 Å². The predicted molar refractivity (Wildman–Crippen MR) is 101 cm³/mol. The van der Waals surface area contributed by atoms with Gasteiger partial charge in [0.05, 0.1) is 5.75 Å². The monoisotopic (exact) mass is 404 g/mol. The van der Waals surface area contributed by atoms with Crippen LogP contribution in [0.5, 0.6) is 5.75 Å². The van der Waals surface area contributed by atoms with Crippen LogP contribution in [0.1, 0.15) is 52.7 Å². The molecule has 0 amide bonds. The molecule has 1 N–H and O–H groups in total. The average Bonchev–Trinajstić information content (AvgIpc) is 2.90. The molecule has 0 fully saturated rings. The number of benzene rings is 1. The largest absolute Gasteiger partial charge is 0.508 e. The number of rotatable bonds is 3. The van der Waals surface area contributed by atoms with E-state index in [0.29, 0.717) is 16.8 Å². The summed E-state index contributed by atoms with van der Waals surface area (Å²) in [7, 11) is 0. The summed E-state index contributed by atoms with van der Waals surface area (Å²) in [5.41, 5.74) is 2.08. The second-order valence-corrected chi connectivity index (χ2v) is 10.4. The molecule has 0 bridgehead atoms. The highest BCUT2D eigenvalue weighted by Crippen LogP contribution is 2.44. The molecule has 0 atom stereocenters. The smallest absolute Gasteiger partial charge is 0.398 e. The minimum Gasteiger partial charge on any atom is -0.508 e. The van der Waals surface area contributed by atoms with Crippen molar-refractivity contribution in [3.8, 4) is 16.3 Å². The molecule has 0 saturated carbocycles. The number of phenols is 1. The fraction of sp³-hybridized carbons (Fsp3) is 0.556. The van der Waals surface area contributed by atoms with E-state index in [2.05, 4.69) is 10.2 Å².